The zero-order chi connectivity index (χ0) is 30.2. The minimum atomic E-state index is -1.06. The lowest BCUT2D eigenvalue weighted by Crippen LogP contribution is -2.53. The Morgan fingerprint density at radius 2 is 1.40 bits per heavy atom. The van der Waals surface area contributed by atoms with Crippen LogP contribution in [0.4, 0.5) is 10.5 Å². The molecule has 0 bridgehead atoms. The molecule has 0 aliphatic heterocycles. The molecule has 10 nitrogen and oxygen atoms in total. The minimum Gasteiger partial charge on any atom is -0.478 e. The number of hydrogen-bond acceptors (Lipinski definition) is 6. The number of anilines is 1. The van der Waals surface area contributed by atoms with E-state index in [1.165, 1.54) is 24.3 Å². The summed E-state index contributed by atoms with van der Waals surface area (Å²) in [6.07, 6.45) is -0.538. The molecule has 3 aromatic rings. The average Bonchev–Trinajstić information content (AvgIpc) is 3.30. The van der Waals surface area contributed by atoms with Gasteiger partial charge in [0, 0.05) is 24.7 Å². The molecular weight excluding hydrogens is 536 g/mol. The van der Waals surface area contributed by atoms with Crippen LogP contribution in [0.5, 0.6) is 0 Å². The Morgan fingerprint density at radius 3 is 1.98 bits per heavy atom. The largest absolute Gasteiger partial charge is 0.478 e. The van der Waals surface area contributed by atoms with Gasteiger partial charge < -0.3 is 31.1 Å². The number of carbonyl (C=O) groups is 4. The van der Waals surface area contributed by atoms with Gasteiger partial charge in [0.25, 0.3) is 0 Å². The molecule has 220 valence electrons. The Morgan fingerprint density at radius 1 is 0.810 bits per heavy atom. The third kappa shape index (κ3) is 7.32. The van der Waals surface area contributed by atoms with Crippen LogP contribution in [0.2, 0.25) is 0 Å². The van der Waals surface area contributed by atoms with Crippen molar-refractivity contribution < 1.29 is 29.0 Å². The highest BCUT2D eigenvalue weighted by molar-refractivity contribution is 5.98. The maximum absolute atomic E-state index is 12.8. The van der Waals surface area contributed by atoms with E-state index in [0.29, 0.717) is 12.2 Å². The molecule has 0 saturated heterocycles. The third-order valence-corrected chi connectivity index (χ3v) is 7.23. The van der Waals surface area contributed by atoms with Gasteiger partial charge in [-0.1, -0.05) is 62.4 Å². The Kier molecular flexibility index (Phi) is 9.93. The van der Waals surface area contributed by atoms with E-state index < -0.39 is 30.1 Å². The van der Waals surface area contributed by atoms with Gasteiger partial charge in [-0.25, -0.2) is 9.59 Å². The second-order valence-corrected chi connectivity index (χ2v) is 10.5. The predicted molar refractivity (Wildman–Crippen MR) is 159 cm³/mol. The van der Waals surface area contributed by atoms with Gasteiger partial charge in [-0.3, -0.25) is 9.59 Å². The van der Waals surface area contributed by atoms with Crippen LogP contribution in [0.1, 0.15) is 48.2 Å². The van der Waals surface area contributed by atoms with Crippen LogP contribution in [0, 0.1) is 5.92 Å². The summed E-state index contributed by atoms with van der Waals surface area (Å²) in [6.45, 7) is 6.07. The maximum Gasteiger partial charge on any atom is 0.407 e. The van der Waals surface area contributed by atoms with Crippen LogP contribution >= 0.6 is 0 Å². The van der Waals surface area contributed by atoms with Crippen molar-refractivity contribution in [1.29, 1.82) is 0 Å². The van der Waals surface area contributed by atoms with Gasteiger partial charge in [-0.2, -0.15) is 0 Å². The Bertz CT molecular complexity index is 1390. The van der Waals surface area contributed by atoms with Crippen molar-refractivity contribution in [2.45, 2.75) is 38.8 Å². The molecule has 0 fully saturated rings. The van der Waals surface area contributed by atoms with Crippen LogP contribution in [-0.4, -0.2) is 60.8 Å². The Balaban J connectivity index is 1.19. The zero-order valence-electron chi connectivity index (χ0n) is 23.8. The van der Waals surface area contributed by atoms with E-state index in [-0.39, 0.29) is 36.5 Å². The Hall–Kier alpha value is -4.70. The molecule has 0 aromatic heterocycles. The number of benzene rings is 3. The standard InChI is InChI=1S/C32H36N4O6/c1-19(2)28(30(38)35-22-14-12-21(13-15-22)31(39)40)36-29(37)20(3)33-16-17-34-32(41)42-18-27-25-10-6-4-8-23(25)24-9-5-7-11-26(24)27/h4-15,19-20,27-28,33H,16-18H2,1-3H3,(H,34,41)(H,35,38)(H,36,37)(H,39,40)/t20-,28?/m0/s1. The minimum absolute atomic E-state index is 0.0276. The molecule has 3 aromatic carbocycles. The number of amides is 3. The van der Waals surface area contributed by atoms with Crippen LogP contribution in [0.25, 0.3) is 11.1 Å². The monoisotopic (exact) mass is 572 g/mol. The molecular formula is C32H36N4O6. The molecule has 0 saturated carbocycles. The quantitative estimate of drug-likeness (QED) is 0.206. The second kappa shape index (κ2) is 13.8. The van der Waals surface area contributed by atoms with Gasteiger partial charge in [0.05, 0.1) is 11.6 Å². The van der Waals surface area contributed by atoms with Crippen molar-refractivity contribution in [3.8, 4) is 11.1 Å². The maximum atomic E-state index is 12.8. The molecule has 1 aliphatic rings. The van der Waals surface area contributed by atoms with E-state index in [4.69, 9.17) is 9.84 Å². The van der Waals surface area contributed by atoms with E-state index in [2.05, 4.69) is 45.5 Å². The number of carboxylic acid groups (broad SMARTS) is 1. The van der Waals surface area contributed by atoms with Crippen molar-refractivity contribution >= 4 is 29.6 Å². The SMILES string of the molecule is CC(C)C(NC(=O)[C@H](C)NCCNC(=O)OCC1c2ccccc2-c2ccccc21)C(=O)Nc1ccc(C(=O)O)cc1. The number of alkyl carbamates (subject to hydrolysis) is 1. The molecule has 2 atom stereocenters. The van der Waals surface area contributed by atoms with Gasteiger partial charge in [0.1, 0.15) is 12.6 Å². The van der Waals surface area contributed by atoms with Crippen molar-refractivity contribution in [2.24, 2.45) is 5.92 Å². The lowest BCUT2D eigenvalue weighted by Gasteiger charge is -2.24. The fourth-order valence-electron chi connectivity index (χ4n) is 4.92. The second-order valence-electron chi connectivity index (χ2n) is 10.5. The van der Waals surface area contributed by atoms with E-state index >= 15 is 0 Å². The number of carboxylic acids is 1. The van der Waals surface area contributed by atoms with Crippen molar-refractivity contribution in [1.82, 2.24) is 16.0 Å². The van der Waals surface area contributed by atoms with E-state index in [1.807, 2.05) is 38.1 Å². The topological polar surface area (TPSA) is 146 Å². The normalized spacial score (nSPS) is 13.4. The van der Waals surface area contributed by atoms with Gasteiger partial charge >= 0.3 is 12.1 Å². The molecule has 0 spiro atoms. The zero-order valence-corrected chi connectivity index (χ0v) is 23.8. The first kappa shape index (κ1) is 30.3. The summed E-state index contributed by atoms with van der Waals surface area (Å²) in [7, 11) is 0. The molecule has 0 radical (unpaired) electrons. The highest BCUT2D eigenvalue weighted by Crippen LogP contribution is 2.44. The summed E-state index contributed by atoms with van der Waals surface area (Å²) < 4.78 is 5.54. The fourth-order valence-corrected chi connectivity index (χ4v) is 4.92. The Labute approximate surface area is 244 Å². The smallest absolute Gasteiger partial charge is 0.407 e. The van der Waals surface area contributed by atoms with Gasteiger partial charge in [0.2, 0.25) is 11.8 Å². The third-order valence-electron chi connectivity index (χ3n) is 7.23. The van der Waals surface area contributed by atoms with Crippen LogP contribution in [0.3, 0.4) is 0 Å². The first-order chi connectivity index (χ1) is 20.2. The highest BCUT2D eigenvalue weighted by atomic mass is 16.5. The van der Waals surface area contributed by atoms with Crippen LogP contribution < -0.4 is 21.3 Å². The number of aromatic carboxylic acids is 1. The highest BCUT2D eigenvalue weighted by Gasteiger charge is 2.29. The number of rotatable bonds is 12. The number of hydrogen-bond donors (Lipinski definition) is 5. The van der Waals surface area contributed by atoms with Gasteiger partial charge in [-0.05, 0) is 59.4 Å². The van der Waals surface area contributed by atoms with E-state index in [1.54, 1.807) is 6.92 Å². The lowest BCUT2D eigenvalue weighted by molar-refractivity contribution is -0.128. The van der Waals surface area contributed by atoms with E-state index in [0.717, 1.165) is 22.3 Å². The average molecular weight is 573 g/mol. The molecule has 3 amide bonds. The van der Waals surface area contributed by atoms with Gasteiger partial charge in [-0.15, -0.1) is 0 Å². The number of fused-ring (bicyclic) bond motifs is 3. The summed E-state index contributed by atoms with van der Waals surface area (Å²) in [5, 5.41) is 20.3. The first-order valence-electron chi connectivity index (χ1n) is 13.9. The molecule has 0 heterocycles. The number of nitrogens with one attached hydrogen (secondary N) is 4. The first-order valence-corrected chi connectivity index (χ1v) is 13.9. The summed E-state index contributed by atoms with van der Waals surface area (Å²) in [5.74, 6) is -2.07. The molecule has 4 rings (SSSR count). The molecule has 5 N–H and O–H groups in total. The summed E-state index contributed by atoms with van der Waals surface area (Å²) in [6, 6.07) is 20.6. The number of ether oxygens (including phenoxy) is 1. The molecule has 10 heteroatoms. The molecule has 1 unspecified atom stereocenters. The molecule has 1 aliphatic carbocycles. The number of carbonyl (C=O) groups excluding carboxylic acids is 3. The van der Waals surface area contributed by atoms with Crippen LogP contribution in [-0.2, 0) is 14.3 Å². The van der Waals surface area contributed by atoms with E-state index in [9.17, 15) is 19.2 Å². The lowest BCUT2D eigenvalue weighted by atomic mass is 9.98. The van der Waals surface area contributed by atoms with Crippen molar-refractivity contribution in [2.75, 3.05) is 25.0 Å². The summed E-state index contributed by atoms with van der Waals surface area (Å²) in [5.41, 5.74) is 5.12. The summed E-state index contributed by atoms with van der Waals surface area (Å²) in [4.78, 5) is 49.0. The van der Waals surface area contributed by atoms with Crippen LogP contribution in [0.15, 0.2) is 72.8 Å². The van der Waals surface area contributed by atoms with Crippen molar-refractivity contribution in [3.05, 3.63) is 89.5 Å². The predicted octanol–water partition coefficient (Wildman–Crippen LogP) is 3.98. The van der Waals surface area contributed by atoms with Gasteiger partial charge in [0.15, 0.2) is 0 Å². The molecule has 42 heavy (non-hydrogen) atoms. The summed E-state index contributed by atoms with van der Waals surface area (Å²) >= 11 is 0. The fraction of sp³-hybridized carbons (Fsp3) is 0.312. The van der Waals surface area contributed by atoms with Crippen molar-refractivity contribution in [3.63, 3.8) is 0 Å².